The molecule has 1 unspecified atom stereocenters. The molecule has 0 aliphatic heterocycles. The lowest BCUT2D eigenvalue weighted by Crippen LogP contribution is -2.20. The zero-order valence-corrected chi connectivity index (χ0v) is 13.9. The summed E-state index contributed by atoms with van der Waals surface area (Å²) in [4.78, 5) is 19.0. The molecular weight excluding hydrogens is 351 g/mol. The zero-order chi connectivity index (χ0) is 16.3. The number of alkyl halides is 1. The molecule has 2 rings (SSSR count). The molecule has 0 aliphatic rings. The second-order valence-electron chi connectivity index (χ2n) is 4.35. The van der Waals surface area contributed by atoms with Gasteiger partial charge in [-0.3, -0.25) is 4.79 Å². The zero-order valence-electron chi connectivity index (χ0n) is 11.6. The molecule has 116 valence electrons. The largest absolute Gasteiger partial charge is 0.479 e. The van der Waals surface area contributed by atoms with Crippen molar-refractivity contribution in [2.75, 3.05) is 7.11 Å². The minimum absolute atomic E-state index is 0.230. The first-order chi connectivity index (χ1) is 10.4. The van der Waals surface area contributed by atoms with E-state index in [1.807, 2.05) is 0 Å². The van der Waals surface area contributed by atoms with Crippen molar-refractivity contribution in [2.45, 2.75) is 12.0 Å². The van der Waals surface area contributed by atoms with Crippen molar-refractivity contribution in [1.29, 1.82) is 0 Å². The molecule has 0 aliphatic carbocycles. The van der Waals surface area contributed by atoms with Gasteiger partial charge < -0.3 is 9.47 Å². The molecule has 0 bridgehead atoms. The Hall–Kier alpha value is -1.56. The Morgan fingerprint density at radius 1 is 1.32 bits per heavy atom. The van der Waals surface area contributed by atoms with E-state index in [0.29, 0.717) is 21.3 Å². The average Bonchev–Trinajstić information content (AvgIpc) is 2.49. The van der Waals surface area contributed by atoms with Gasteiger partial charge in [-0.05, 0) is 13.0 Å². The first-order valence-corrected chi connectivity index (χ1v) is 7.20. The topological polar surface area (TPSA) is 61.3 Å². The third-order valence-electron chi connectivity index (χ3n) is 2.87. The maximum absolute atomic E-state index is 10.6. The van der Waals surface area contributed by atoms with Crippen LogP contribution in [0.3, 0.4) is 0 Å². The van der Waals surface area contributed by atoms with Gasteiger partial charge in [0.2, 0.25) is 10.9 Å². The van der Waals surface area contributed by atoms with Crippen LogP contribution in [0.25, 0.3) is 11.3 Å². The third-order valence-corrected chi connectivity index (χ3v) is 3.97. The molecule has 1 atom stereocenters. The van der Waals surface area contributed by atoms with Crippen molar-refractivity contribution in [3.05, 3.63) is 40.1 Å². The minimum Gasteiger partial charge on any atom is -0.479 e. The number of carbonyl (C=O) groups excluding carboxylic acids is 1. The highest BCUT2D eigenvalue weighted by molar-refractivity contribution is 6.43. The molecule has 0 amide bonds. The highest BCUT2D eigenvalue weighted by Gasteiger charge is 2.29. The Bertz CT molecular complexity index is 708. The van der Waals surface area contributed by atoms with Crippen molar-refractivity contribution < 1.29 is 14.3 Å². The lowest BCUT2D eigenvalue weighted by Gasteiger charge is -2.20. The molecule has 8 heteroatoms. The summed E-state index contributed by atoms with van der Waals surface area (Å²) in [5.41, 5.74) is 1.10. The summed E-state index contributed by atoms with van der Waals surface area (Å²) < 4.78 is 10.0. The van der Waals surface area contributed by atoms with Gasteiger partial charge in [-0.1, -0.05) is 46.9 Å². The molecule has 0 N–H and O–H groups in total. The second kappa shape index (κ2) is 6.69. The van der Waals surface area contributed by atoms with Crippen molar-refractivity contribution in [2.24, 2.45) is 0 Å². The number of halogens is 3. The SMILES string of the molecule is COc1ncc(C(C)(Cl)OC=O)nc1-c1cccc(Cl)c1Cl. The van der Waals surface area contributed by atoms with Gasteiger partial charge >= 0.3 is 0 Å². The number of nitrogens with zero attached hydrogens (tertiary/aromatic N) is 2. The Balaban J connectivity index is 2.63. The van der Waals surface area contributed by atoms with Gasteiger partial charge in [0, 0.05) is 5.56 Å². The summed E-state index contributed by atoms with van der Waals surface area (Å²) in [6.07, 6.45) is 1.36. The van der Waals surface area contributed by atoms with E-state index in [4.69, 9.17) is 44.3 Å². The smallest absolute Gasteiger partial charge is 0.295 e. The summed E-state index contributed by atoms with van der Waals surface area (Å²) in [7, 11) is 1.45. The van der Waals surface area contributed by atoms with Gasteiger partial charge in [-0.25, -0.2) is 9.97 Å². The highest BCUT2D eigenvalue weighted by atomic mass is 35.5. The number of aromatic nitrogens is 2. The molecule has 0 fully saturated rings. The number of hydrogen-bond acceptors (Lipinski definition) is 5. The number of methoxy groups -OCH3 is 1. The van der Waals surface area contributed by atoms with E-state index in [9.17, 15) is 4.79 Å². The van der Waals surface area contributed by atoms with E-state index in [1.54, 1.807) is 18.2 Å². The summed E-state index contributed by atoms with van der Waals surface area (Å²) in [6, 6.07) is 5.09. The first-order valence-electron chi connectivity index (χ1n) is 6.07. The van der Waals surface area contributed by atoms with Gasteiger partial charge in [-0.2, -0.15) is 0 Å². The Morgan fingerprint density at radius 3 is 2.68 bits per heavy atom. The number of rotatable bonds is 5. The van der Waals surface area contributed by atoms with Crippen LogP contribution in [-0.2, 0) is 14.6 Å². The van der Waals surface area contributed by atoms with Crippen LogP contribution in [-0.4, -0.2) is 23.5 Å². The van der Waals surface area contributed by atoms with Crippen LogP contribution in [0.5, 0.6) is 5.88 Å². The van der Waals surface area contributed by atoms with Gasteiger partial charge in [0.25, 0.3) is 6.47 Å². The molecule has 0 radical (unpaired) electrons. The standard InChI is InChI=1S/C14H11Cl3N2O3/c1-14(17,22-7-20)10-6-18-13(21-2)12(19-10)8-4-3-5-9(15)11(8)16/h3-7H,1-2H3. The fraction of sp³-hybridized carbons (Fsp3) is 0.214. The summed E-state index contributed by atoms with van der Waals surface area (Å²) in [5.74, 6) is 0.242. The van der Waals surface area contributed by atoms with Crippen molar-refractivity contribution in [1.82, 2.24) is 9.97 Å². The summed E-state index contributed by atoms with van der Waals surface area (Å²) in [6.45, 7) is 1.72. The van der Waals surface area contributed by atoms with Crippen LogP contribution in [0.1, 0.15) is 12.6 Å². The van der Waals surface area contributed by atoms with Crippen LogP contribution >= 0.6 is 34.8 Å². The lowest BCUT2D eigenvalue weighted by atomic mass is 10.1. The number of benzene rings is 1. The molecule has 0 saturated heterocycles. The fourth-order valence-electron chi connectivity index (χ4n) is 1.76. The van der Waals surface area contributed by atoms with E-state index in [0.717, 1.165) is 0 Å². The van der Waals surface area contributed by atoms with Gasteiger partial charge in [-0.15, -0.1) is 0 Å². The van der Waals surface area contributed by atoms with Crippen LogP contribution in [0.2, 0.25) is 10.0 Å². The molecular formula is C14H11Cl3N2O3. The number of carbonyl (C=O) groups is 1. The normalized spacial score (nSPS) is 13.3. The number of ether oxygens (including phenoxy) is 2. The molecule has 0 saturated carbocycles. The molecule has 2 aromatic rings. The van der Waals surface area contributed by atoms with Crippen LogP contribution < -0.4 is 4.74 Å². The van der Waals surface area contributed by atoms with Crippen LogP contribution in [0.15, 0.2) is 24.4 Å². The lowest BCUT2D eigenvalue weighted by molar-refractivity contribution is -0.136. The van der Waals surface area contributed by atoms with E-state index >= 15 is 0 Å². The van der Waals surface area contributed by atoms with Crippen LogP contribution in [0, 0.1) is 0 Å². The van der Waals surface area contributed by atoms with E-state index in [1.165, 1.54) is 20.2 Å². The minimum atomic E-state index is -1.46. The van der Waals surface area contributed by atoms with E-state index < -0.39 is 5.06 Å². The number of hydrogen-bond donors (Lipinski definition) is 0. The van der Waals surface area contributed by atoms with Crippen molar-refractivity contribution in [3.63, 3.8) is 0 Å². The van der Waals surface area contributed by atoms with Crippen molar-refractivity contribution >= 4 is 41.3 Å². The van der Waals surface area contributed by atoms with Crippen molar-refractivity contribution in [3.8, 4) is 17.1 Å². The van der Waals surface area contributed by atoms with E-state index in [2.05, 4.69) is 9.97 Å². The van der Waals surface area contributed by atoms with Gasteiger partial charge in [0.1, 0.15) is 11.4 Å². The second-order valence-corrected chi connectivity index (χ2v) is 5.85. The summed E-state index contributed by atoms with van der Waals surface area (Å²) >= 11 is 18.4. The highest BCUT2D eigenvalue weighted by Crippen LogP contribution is 2.38. The fourth-order valence-corrected chi connectivity index (χ4v) is 2.27. The Morgan fingerprint density at radius 2 is 2.05 bits per heavy atom. The average molecular weight is 362 g/mol. The predicted molar refractivity (Wildman–Crippen MR) is 84.4 cm³/mol. The third kappa shape index (κ3) is 3.27. The van der Waals surface area contributed by atoms with Gasteiger partial charge in [0.05, 0.1) is 23.4 Å². The maximum Gasteiger partial charge on any atom is 0.295 e. The molecule has 1 aromatic carbocycles. The predicted octanol–water partition coefficient (Wildman–Crippen LogP) is 4.04. The molecule has 0 spiro atoms. The molecule has 5 nitrogen and oxygen atoms in total. The van der Waals surface area contributed by atoms with E-state index in [-0.39, 0.29) is 18.0 Å². The summed E-state index contributed by atoms with van der Waals surface area (Å²) in [5, 5.41) is -0.784. The first kappa shape index (κ1) is 16.8. The molecule has 1 heterocycles. The quantitative estimate of drug-likeness (QED) is 0.594. The maximum atomic E-state index is 10.6. The van der Waals surface area contributed by atoms with Gasteiger partial charge in [0.15, 0.2) is 0 Å². The molecule has 1 aromatic heterocycles. The molecule has 22 heavy (non-hydrogen) atoms. The van der Waals surface area contributed by atoms with Crippen LogP contribution in [0.4, 0.5) is 0 Å². The Kier molecular flexibility index (Phi) is 5.11. The Labute approximate surface area is 142 Å². The monoisotopic (exact) mass is 360 g/mol.